The molecule has 0 spiro atoms. The number of nitrogens with zero attached hydrogens (tertiary/aromatic N) is 2. The molecule has 8 nitrogen and oxygen atoms in total. The van der Waals surface area contributed by atoms with E-state index in [4.69, 9.17) is 16.3 Å². The lowest BCUT2D eigenvalue weighted by atomic mass is 10.1. The minimum absolute atomic E-state index is 0.0306. The van der Waals surface area contributed by atoms with Crippen LogP contribution in [0.5, 0.6) is 0 Å². The monoisotopic (exact) mass is 612 g/mol. The summed E-state index contributed by atoms with van der Waals surface area (Å²) < 4.78 is 87.3. The highest BCUT2D eigenvalue weighted by Gasteiger charge is 2.44. The van der Waals surface area contributed by atoms with E-state index in [0.29, 0.717) is 23.2 Å². The van der Waals surface area contributed by atoms with Crippen LogP contribution in [-0.4, -0.2) is 73.7 Å². The van der Waals surface area contributed by atoms with Gasteiger partial charge in [0.05, 0.1) is 33.6 Å². The van der Waals surface area contributed by atoms with Crippen molar-refractivity contribution in [1.29, 1.82) is 0 Å². The smallest absolute Gasteiger partial charge is 0.370 e. The van der Waals surface area contributed by atoms with Crippen LogP contribution in [0.15, 0.2) is 30.3 Å². The number of benzene rings is 1. The minimum atomic E-state index is -4.92. The number of anilines is 2. The van der Waals surface area contributed by atoms with E-state index in [1.54, 1.807) is 0 Å². The summed E-state index contributed by atoms with van der Waals surface area (Å²) in [6.45, 7) is -2.47. The average molecular weight is 613 g/mol. The first kappa shape index (κ1) is 30.1. The number of rotatable bonds is 9. The zero-order valence-electron chi connectivity index (χ0n) is 20.6. The summed E-state index contributed by atoms with van der Waals surface area (Å²) in [6.07, 6.45) is -8.83. The van der Waals surface area contributed by atoms with E-state index in [2.05, 4.69) is 10.6 Å². The molecule has 4 rings (SSSR count). The van der Waals surface area contributed by atoms with Crippen molar-refractivity contribution in [3.63, 3.8) is 0 Å². The van der Waals surface area contributed by atoms with Gasteiger partial charge in [0.25, 0.3) is 11.8 Å². The van der Waals surface area contributed by atoms with E-state index in [0.717, 1.165) is 33.3 Å². The van der Waals surface area contributed by atoms with Crippen LogP contribution in [0.3, 0.4) is 0 Å². The number of ether oxygens (including phenoxy) is 1. The molecule has 1 atom stereocenters. The topological polar surface area (TPSA) is 91.0 Å². The van der Waals surface area contributed by atoms with E-state index in [-0.39, 0.29) is 23.7 Å². The number of carbonyl (C=O) groups is 3. The predicted octanol–water partition coefficient (Wildman–Crippen LogP) is 4.55. The van der Waals surface area contributed by atoms with Crippen LogP contribution in [0.2, 0.25) is 4.34 Å². The molecule has 2 heterocycles. The molecular formula is C24H23ClF6N4O4S. The van der Waals surface area contributed by atoms with Gasteiger partial charge in [-0.1, -0.05) is 11.6 Å². The maximum Gasteiger partial charge on any atom is 0.418 e. The highest BCUT2D eigenvalue weighted by atomic mass is 35.5. The molecule has 1 aromatic heterocycles. The fraction of sp³-hybridized carbons (Fsp3) is 0.458. The van der Waals surface area contributed by atoms with Gasteiger partial charge in [0, 0.05) is 24.8 Å². The molecule has 0 radical (unpaired) electrons. The first-order chi connectivity index (χ1) is 18.7. The number of halogens is 7. The number of morpholine rings is 1. The molecule has 2 aliphatic rings. The third-order valence-corrected chi connectivity index (χ3v) is 7.41. The van der Waals surface area contributed by atoms with E-state index < -0.39 is 73.1 Å². The van der Waals surface area contributed by atoms with E-state index in [9.17, 15) is 40.7 Å². The Hall–Kier alpha value is -2.88. The standard InChI is InChI=1S/C24H23ClF6N4O4S/c25-19-6-5-18(40-19)22(38)32-10-17(35(14-2-3-14)12-23(26,27)28)21(37)33-13-1-4-16(15(9-13)24(29,30)31)34-7-8-39-11-20(34)36/h1,4-6,9,14,17H,2-3,7-8,10-12H2,(H,32,38)(H,33,37)/t17-/m1/s1. The lowest BCUT2D eigenvalue weighted by Gasteiger charge is -2.32. The van der Waals surface area contributed by atoms with E-state index >= 15 is 0 Å². The minimum Gasteiger partial charge on any atom is -0.370 e. The van der Waals surface area contributed by atoms with Crippen molar-refractivity contribution in [3.8, 4) is 0 Å². The normalized spacial score (nSPS) is 17.2. The zero-order valence-corrected chi connectivity index (χ0v) is 22.1. The van der Waals surface area contributed by atoms with Crippen LogP contribution in [0.25, 0.3) is 0 Å². The zero-order chi connectivity index (χ0) is 29.2. The lowest BCUT2D eigenvalue weighted by molar-refractivity contribution is -0.155. The number of hydrogen-bond donors (Lipinski definition) is 2. The van der Waals surface area contributed by atoms with Crippen LogP contribution in [0.4, 0.5) is 37.7 Å². The largest absolute Gasteiger partial charge is 0.418 e. The van der Waals surface area contributed by atoms with Gasteiger partial charge in [-0.15, -0.1) is 11.3 Å². The molecule has 2 aromatic rings. The molecule has 1 aliphatic carbocycles. The van der Waals surface area contributed by atoms with Crippen LogP contribution in [-0.2, 0) is 20.5 Å². The van der Waals surface area contributed by atoms with Gasteiger partial charge in [0.2, 0.25) is 5.91 Å². The van der Waals surface area contributed by atoms with Crippen molar-refractivity contribution in [2.75, 3.05) is 43.1 Å². The molecule has 2 fully saturated rings. The van der Waals surface area contributed by atoms with Gasteiger partial charge in [-0.25, -0.2) is 0 Å². The Labute approximate surface area is 233 Å². The quantitative estimate of drug-likeness (QED) is 0.406. The first-order valence-electron chi connectivity index (χ1n) is 12.0. The molecule has 3 amide bonds. The number of nitrogens with one attached hydrogen (secondary N) is 2. The number of alkyl halides is 6. The van der Waals surface area contributed by atoms with Gasteiger partial charge >= 0.3 is 12.4 Å². The van der Waals surface area contributed by atoms with Crippen LogP contribution >= 0.6 is 22.9 Å². The maximum absolute atomic E-state index is 13.9. The molecule has 2 N–H and O–H groups in total. The van der Waals surface area contributed by atoms with Crippen molar-refractivity contribution in [3.05, 3.63) is 45.1 Å². The highest BCUT2D eigenvalue weighted by Crippen LogP contribution is 2.39. The second-order valence-electron chi connectivity index (χ2n) is 9.17. The Morgan fingerprint density at radius 3 is 2.45 bits per heavy atom. The first-order valence-corrected chi connectivity index (χ1v) is 13.2. The van der Waals surface area contributed by atoms with Crippen LogP contribution < -0.4 is 15.5 Å². The average Bonchev–Trinajstić information content (AvgIpc) is 3.62. The summed E-state index contributed by atoms with van der Waals surface area (Å²) in [6, 6.07) is 3.47. The number of carbonyl (C=O) groups excluding carboxylic acids is 3. The van der Waals surface area contributed by atoms with Gasteiger partial charge in [-0.05, 0) is 43.2 Å². The van der Waals surface area contributed by atoms with Gasteiger partial charge in [0.1, 0.15) is 12.6 Å². The summed E-state index contributed by atoms with van der Waals surface area (Å²) in [5.74, 6) is -2.39. The maximum atomic E-state index is 13.9. The molecule has 1 aliphatic heterocycles. The number of amides is 3. The number of thiophene rings is 1. The van der Waals surface area contributed by atoms with E-state index in [1.165, 1.54) is 12.1 Å². The summed E-state index contributed by atoms with van der Waals surface area (Å²) in [5.41, 5.74) is -1.99. The molecule has 1 aromatic carbocycles. The Morgan fingerprint density at radius 2 is 1.88 bits per heavy atom. The van der Waals surface area contributed by atoms with Gasteiger partial charge < -0.3 is 20.3 Å². The summed E-state index contributed by atoms with van der Waals surface area (Å²) in [7, 11) is 0. The second-order valence-corrected chi connectivity index (χ2v) is 10.9. The molecule has 218 valence electrons. The van der Waals surface area contributed by atoms with Gasteiger partial charge in [0.15, 0.2) is 0 Å². The second kappa shape index (κ2) is 11.9. The van der Waals surface area contributed by atoms with Crippen LogP contribution in [0.1, 0.15) is 28.1 Å². The lowest BCUT2D eigenvalue weighted by Crippen LogP contribution is -2.54. The van der Waals surface area contributed by atoms with Crippen molar-refractivity contribution < 1.29 is 45.5 Å². The SMILES string of the molecule is O=C(NC[C@H](C(=O)Nc1ccc(N2CCOCC2=O)c(C(F)(F)F)c1)N(CC(F)(F)F)C1CC1)c1ccc(Cl)s1. The number of hydrogen-bond acceptors (Lipinski definition) is 6. The van der Waals surface area contributed by atoms with Crippen molar-refractivity contribution in [2.45, 2.75) is 37.3 Å². The molecule has 1 saturated heterocycles. The Bertz CT molecular complexity index is 1270. The van der Waals surface area contributed by atoms with Crippen molar-refractivity contribution >= 4 is 52.0 Å². The third-order valence-electron chi connectivity index (χ3n) is 6.18. The van der Waals surface area contributed by atoms with Crippen LogP contribution in [0, 0.1) is 0 Å². The van der Waals surface area contributed by atoms with Crippen molar-refractivity contribution in [2.24, 2.45) is 0 Å². The predicted molar refractivity (Wildman–Crippen MR) is 134 cm³/mol. The van der Waals surface area contributed by atoms with Gasteiger partial charge in [-0.3, -0.25) is 19.3 Å². The Balaban J connectivity index is 1.59. The third kappa shape index (κ3) is 7.65. The fourth-order valence-corrected chi connectivity index (χ4v) is 5.21. The summed E-state index contributed by atoms with van der Waals surface area (Å²) >= 11 is 6.76. The molecule has 40 heavy (non-hydrogen) atoms. The molecular weight excluding hydrogens is 590 g/mol. The summed E-state index contributed by atoms with van der Waals surface area (Å²) in [5, 5.41) is 4.69. The molecule has 0 unspecified atom stereocenters. The highest BCUT2D eigenvalue weighted by molar-refractivity contribution is 7.18. The van der Waals surface area contributed by atoms with E-state index in [1.807, 2.05) is 0 Å². The van der Waals surface area contributed by atoms with Gasteiger partial charge in [-0.2, -0.15) is 26.3 Å². The summed E-state index contributed by atoms with van der Waals surface area (Å²) in [4.78, 5) is 39.9. The molecule has 16 heteroatoms. The Kier molecular flexibility index (Phi) is 8.97. The fourth-order valence-electron chi connectivity index (χ4n) is 4.25. The van der Waals surface area contributed by atoms with Crippen molar-refractivity contribution in [1.82, 2.24) is 10.2 Å². The molecule has 1 saturated carbocycles. The molecule has 0 bridgehead atoms. The Morgan fingerprint density at radius 1 is 1.15 bits per heavy atom.